The molecular formula is C10H11N3O4. The van der Waals surface area contributed by atoms with E-state index in [1.807, 2.05) is 0 Å². The average Bonchev–Trinajstić information content (AvgIpc) is 2.35. The van der Waals surface area contributed by atoms with Crippen LogP contribution in [0, 0.1) is 21.4 Å². The first-order valence-electron chi connectivity index (χ1n) is 4.79. The number of hydrogen-bond acceptors (Lipinski definition) is 6. The van der Waals surface area contributed by atoms with Crippen molar-refractivity contribution < 1.29 is 15.1 Å². The number of nitro benzene ring substituents is 1. The summed E-state index contributed by atoms with van der Waals surface area (Å²) in [5, 5.41) is 39.8. The minimum absolute atomic E-state index is 0.0570. The zero-order valence-electron chi connectivity index (χ0n) is 8.83. The first kappa shape index (κ1) is 12.9. The van der Waals surface area contributed by atoms with Gasteiger partial charge in [-0.25, -0.2) is 0 Å². The zero-order valence-corrected chi connectivity index (χ0v) is 8.83. The predicted molar refractivity (Wildman–Crippen MR) is 59.4 cm³/mol. The molecule has 90 valence electrons. The van der Waals surface area contributed by atoms with Gasteiger partial charge in [-0.3, -0.25) is 10.1 Å². The average molecular weight is 237 g/mol. The lowest BCUT2D eigenvalue weighted by Gasteiger charge is -2.10. The summed E-state index contributed by atoms with van der Waals surface area (Å²) in [5.74, 6) is 0. The van der Waals surface area contributed by atoms with Gasteiger partial charge in [-0.15, -0.1) is 0 Å². The van der Waals surface area contributed by atoms with Gasteiger partial charge in [0, 0.05) is 18.3 Å². The number of rotatable bonds is 5. The fourth-order valence-corrected chi connectivity index (χ4v) is 1.19. The molecule has 1 aromatic carbocycles. The van der Waals surface area contributed by atoms with Gasteiger partial charge in [0.25, 0.3) is 5.69 Å². The number of nitrogens with one attached hydrogen (secondary N) is 1. The molecule has 0 saturated heterocycles. The molecule has 0 aromatic heterocycles. The summed E-state index contributed by atoms with van der Waals surface area (Å²) >= 11 is 0. The molecule has 7 heteroatoms. The lowest BCUT2D eigenvalue weighted by atomic mass is 10.1. The molecule has 0 bridgehead atoms. The van der Waals surface area contributed by atoms with Crippen molar-refractivity contribution in [1.29, 1.82) is 5.26 Å². The molecule has 0 radical (unpaired) electrons. The van der Waals surface area contributed by atoms with Gasteiger partial charge < -0.3 is 15.5 Å². The first-order valence-corrected chi connectivity index (χ1v) is 4.79. The van der Waals surface area contributed by atoms with Crippen LogP contribution < -0.4 is 5.32 Å². The number of nitro groups is 1. The van der Waals surface area contributed by atoms with E-state index in [-0.39, 0.29) is 24.4 Å². The van der Waals surface area contributed by atoms with E-state index in [9.17, 15) is 10.1 Å². The van der Waals surface area contributed by atoms with Gasteiger partial charge in [-0.2, -0.15) is 5.26 Å². The van der Waals surface area contributed by atoms with E-state index in [1.165, 1.54) is 18.2 Å². The van der Waals surface area contributed by atoms with Crippen molar-refractivity contribution in [2.45, 2.75) is 6.10 Å². The van der Waals surface area contributed by atoms with Crippen LogP contribution in [0.5, 0.6) is 0 Å². The summed E-state index contributed by atoms with van der Waals surface area (Å²) in [6.45, 7) is -0.287. The van der Waals surface area contributed by atoms with Gasteiger partial charge in [0.1, 0.15) is 11.6 Å². The topological polar surface area (TPSA) is 119 Å². The van der Waals surface area contributed by atoms with E-state index in [4.69, 9.17) is 15.5 Å². The molecule has 1 rings (SSSR count). The number of aliphatic hydroxyl groups excluding tert-OH is 2. The number of nitriles is 1. The van der Waals surface area contributed by atoms with Gasteiger partial charge in [-0.05, 0) is 12.1 Å². The molecule has 0 aliphatic heterocycles. The predicted octanol–water partition coefficient (Wildman–Crippen LogP) is 0.232. The Morgan fingerprint density at radius 1 is 1.59 bits per heavy atom. The smallest absolute Gasteiger partial charge is 0.287 e. The van der Waals surface area contributed by atoms with E-state index in [0.29, 0.717) is 5.69 Å². The van der Waals surface area contributed by atoms with Crippen LogP contribution in [0.15, 0.2) is 18.2 Å². The molecule has 0 heterocycles. The van der Waals surface area contributed by atoms with E-state index < -0.39 is 11.0 Å². The number of benzene rings is 1. The monoisotopic (exact) mass is 237 g/mol. The molecule has 7 nitrogen and oxygen atoms in total. The molecule has 0 aliphatic carbocycles. The Bertz CT molecular complexity index is 455. The summed E-state index contributed by atoms with van der Waals surface area (Å²) in [5.41, 5.74) is 0.152. The highest BCUT2D eigenvalue weighted by Crippen LogP contribution is 2.21. The van der Waals surface area contributed by atoms with Crippen LogP contribution in [-0.4, -0.2) is 34.4 Å². The molecule has 0 aliphatic rings. The fourth-order valence-electron chi connectivity index (χ4n) is 1.19. The summed E-state index contributed by atoms with van der Waals surface area (Å²) in [6.07, 6.45) is -0.921. The highest BCUT2D eigenvalue weighted by atomic mass is 16.6. The number of anilines is 1. The SMILES string of the molecule is N#Cc1cc(NCC(O)CO)ccc1[N+](=O)[O-]. The molecule has 0 amide bonds. The van der Waals surface area contributed by atoms with E-state index in [1.54, 1.807) is 6.07 Å². The normalized spacial score (nSPS) is 11.6. The second-order valence-corrected chi connectivity index (χ2v) is 3.32. The van der Waals surface area contributed by atoms with Crippen LogP contribution in [-0.2, 0) is 0 Å². The standard InChI is InChI=1S/C10H11N3O4/c11-4-7-3-8(12-5-9(15)6-14)1-2-10(7)13(16)17/h1-3,9,12,14-15H,5-6H2. The van der Waals surface area contributed by atoms with Crippen molar-refractivity contribution >= 4 is 11.4 Å². The largest absolute Gasteiger partial charge is 0.394 e. The van der Waals surface area contributed by atoms with Crippen molar-refractivity contribution in [3.8, 4) is 6.07 Å². The quantitative estimate of drug-likeness (QED) is 0.498. The Morgan fingerprint density at radius 2 is 2.29 bits per heavy atom. The van der Waals surface area contributed by atoms with Crippen molar-refractivity contribution in [2.75, 3.05) is 18.5 Å². The van der Waals surface area contributed by atoms with Crippen LogP contribution in [0.4, 0.5) is 11.4 Å². The van der Waals surface area contributed by atoms with E-state index in [2.05, 4.69) is 5.32 Å². The Balaban J connectivity index is 2.84. The third-order valence-electron chi connectivity index (χ3n) is 2.07. The molecule has 1 atom stereocenters. The highest BCUT2D eigenvalue weighted by Gasteiger charge is 2.13. The van der Waals surface area contributed by atoms with Crippen LogP contribution in [0.1, 0.15) is 5.56 Å². The Labute approximate surface area is 97.1 Å². The van der Waals surface area contributed by atoms with Gasteiger partial charge in [0.15, 0.2) is 0 Å². The van der Waals surface area contributed by atoms with Crippen molar-refractivity contribution in [1.82, 2.24) is 0 Å². The van der Waals surface area contributed by atoms with Crippen molar-refractivity contribution in [3.63, 3.8) is 0 Å². The Kier molecular flexibility index (Phi) is 4.39. The van der Waals surface area contributed by atoms with Crippen LogP contribution in [0.25, 0.3) is 0 Å². The summed E-state index contributed by atoms with van der Waals surface area (Å²) in [4.78, 5) is 9.93. The number of nitrogens with zero attached hydrogens (tertiary/aromatic N) is 2. The zero-order chi connectivity index (χ0) is 12.8. The van der Waals surface area contributed by atoms with Crippen LogP contribution in [0.2, 0.25) is 0 Å². The first-order chi connectivity index (χ1) is 8.08. The maximum atomic E-state index is 10.6. The molecule has 3 N–H and O–H groups in total. The summed E-state index contributed by atoms with van der Waals surface area (Å²) in [6, 6.07) is 5.70. The number of aliphatic hydroxyl groups is 2. The van der Waals surface area contributed by atoms with Gasteiger partial charge in [0.2, 0.25) is 0 Å². The van der Waals surface area contributed by atoms with Crippen molar-refractivity contribution in [2.24, 2.45) is 0 Å². The van der Waals surface area contributed by atoms with Gasteiger partial charge in [0.05, 0.1) is 17.6 Å². The summed E-state index contributed by atoms with van der Waals surface area (Å²) < 4.78 is 0. The Hall–Kier alpha value is -2.17. The molecule has 17 heavy (non-hydrogen) atoms. The molecule has 0 fully saturated rings. The van der Waals surface area contributed by atoms with Crippen LogP contribution >= 0.6 is 0 Å². The molecule has 1 unspecified atom stereocenters. The maximum Gasteiger partial charge on any atom is 0.287 e. The lowest BCUT2D eigenvalue weighted by Crippen LogP contribution is -2.22. The second kappa shape index (κ2) is 5.79. The van der Waals surface area contributed by atoms with E-state index in [0.717, 1.165) is 0 Å². The maximum absolute atomic E-state index is 10.6. The molecule has 1 aromatic rings. The molecule has 0 saturated carbocycles. The van der Waals surface area contributed by atoms with Crippen molar-refractivity contribution in [3.05, 3.63) is 33.9 Å². The van der Waals surface area contributed by atoms with Gasteiger partial charge >= 0.3 is 0 Å². The third-order valence-corrected chi connectivity index (χ3v) is 2.07. The number of hydrogen-bond donors (Lipinski definition) is 3. The second-order valence-electron chi connectivity index (χ2n) is 3.32. The fraction of sp³-hybridized carbons (Fsp3) is 0.300. The minimum atomic E-state index is -0.921. The minimum Gasteiger partial charge on any atom is -0.394 e. The lowest BCUT2D eigenvalue weighted by molar-refractivity contribution is -0.385. The van der Waals surface area contributed by atoms with Gasteiger partial charge in [-0.1, -0.05) is 0 Å². The van der Waals surface area contributed by atoms with Crippen LogP contribution in [0.3, 0.4) is 0 Å². The molecule has 0 spiro atoms. The Morgan fingerprint density at radius 3 is 2.82 bits per heavy atom. The summed E-state index contributed by atoms with van der Waals surface area (Å²) in [7, 11) is 0. The highest BCUT2D eigenvalue weighted by molar-refractivity contribution is 5.58. The third kappa shape index (κ3) is 3.41. The molecular weight excluding hydrogens is 226 g/mol. The van der Waals surface area contributed by atoms with E-state index >= 15 is 0 Å².